The molecular weight excluding hydrogens is 280 g/mol. The van der Waals surface area contributed by atoms with E-state index >= 15 is 0 Å². The molecule has 1 nitrogen and oxygen atoms in total. The van der Waals surface area contributed by atoms with Crippen LogP contribution in [0, 0.1) is 5.82 Å². The molecule has 1 heterocycles. The molecule has 2 rings (SSSR count). The van der Waals surface area contributed by atoms with Gasteiger partial charge in [0.25, 0.3) is 0 Å². The predicted octanol–water partition coefficient (Wildman–Crippen LogP) is 3.54. The van der Waals surface area contributed by atoms with Crippen molar-refractivity contribution in [1.82, 2.24) is 5.32 Å². The second-order valence-corrected chi connectivity index (χ2v) is 5.06. The fourth-order valence-electron chi connectivity index (χ4n) is 1.92. The average molecular weight is 293 g/mol. The van der Waals surface area contributed by atoms with Crippen molar-refractivity contribution in [3.63, 3.8) is 0 Å². The van der Waals surface area contributed by atoms with E-state index in [1.165, 1.54) is 6.42 Å². The first-order valence-corrected chi connectivity index (χ1v) is 6.21. The Balaban J connectivity index is 2.17. The molecule has 1 saturated heterocycles. The second kappa shape index (κ2) is 4.81. The zero-order valence-corrected chi connectivity index (χ0v) is 10.5. The molecule has 0 saturated carbocycles. The molecule has 82 valence electrons. The summed E-state index contributed by atoms with van der Waals surface area (Å²) in [4.78, 5) is 0. The summed E-state index contributed by atoms with van der Waals surface area (Å²) < 4.78 is 13.9. The third-order valence-corrected chi connectivity index (χ3v) is 3.76. The van der Waals surface area contributed by atoms with Gasteiger partial charge >= 0.3 is 0 Å². The van der Waals surface area contributed by atoms with Gasteiger partial charge in [0, 0.05) is 6.04 Å². The molecule has 0 bridgehead atoms. The Kier molecular flexibility index (Phi) is 3.65. The van der Waals surface area contributed by atoms with Gasteiger partial charge in [0.15, 0.2) is 5.82 Å². The molecule has 15 heavy (non-hydrogen) atoms. The van der Waals surface area contributed by atoms with Gasteiger partial charge in [-0.15, -0.1) is 0 Å². The number of hydrogen-bond donors (Lipinski definition) is 1. The van der Waals surface area contributed by atoms with Gasteiger partial charge in [-0.1, -0.05) is 17.7 Å². The van der Waals surface area contributed by atoms with Gasteiger partial charge in [0.1, 0.15) is 0 Å². The van der Waals surface area contributed by atoms with Crippen LogP contribution in [-0.2, 0) is 6.42 Å². The Hall–Kier alpha value is -0.120. The molecule has 1 fully saturated rings. The van der Waals surface area contributed by atoms with Gasteiger partial charge < -0.3 is 5.32 Å². The summed E-state index contributed by atoms with van der Waals surface area (Å²) in [5.41, 5.74) is 0.886. The summed E-state index contributed by atoms with van der Waals surface area (Å²) in [6.07, 6.45) is 3.15. The number of hydrogen-bond acceptors (Lipinski definition) is 1. The van der Waals surface area contributed by atoms with Crippen LogP contribution in [0.2, 0.25) is 5.02 Å². The highest BCUT2D eigenvalue weighted by Gasteiger charge is 2.17. The molecule has 1 N–H and O–H groups in total. The number of halogens is 3. The van der Waals surface area contributed by atoms with Gasteiger partial charge in [-0.05, 0) is 53.4 Å². The van der Waals surface area contributed by atoms with E-state index in [4.69, 9.17) is 11.6 Å². The van der Waals surface area contributed by atoms with Crippen LogP contribution in [0.5, 0.6) is 0 Å². The summed E-state index contributed by atoms with van der Waals surface area (Å²) in [5, 5.41) is 3.62. The van der Waals surface area contributed by atoms with E-state index in [-0.39, 0.29) is 10.8 Å². The monoisotopic (exact) mass is 291 g/mol. The fraction of sp³-hybridized carbons (Fsp3) is 0.455. The Bertz CT molecular complexity index is 364. The van der Waals surface area contributed by atoms with E-state index < -0.39 is 0 Å². The molecule has 1 atom stereocenters. The molecule has 0 aliphatic carbocycles. The molecular formula is C11H12BrClFN. The molecule has 4 heteroatoms. The van der Waals surface area contributed by atoms with E-state index in [0.29, 0.717) is 10.5 Å². The van der Waals surface area contributed by atoms with Gasteiger partial charge in [-0.2, -0.15) is 0 Å². The van der Waals surface area contributed by atoms with Crippen molar-refractivity contribution in [3.05, 3.63) is 33.0 Å². The highest BCUT2D eigenvalue weighted by molar-refractivity contribution is 9.10. The number of nitrogens with one attached hydrogen (secondary N) is 1. The first-order valence-electron chi connectivity index (χ1n) is 5.04. The third kappa shape index (κ3) is 2.52. The normalized spacial score (nSPS) is 20.9. The van der Waals surface area contributed by atoms with Crippen molar-refractivity contribution in [2.75, 3.05) is 6.54 Å². The molecule has 0 aromatic heterocycles. The van der Waals surface area contributed by atoms with E-state index in [9.17, 15) is 4.39 Å². The van der Waals surface area contributed by atoms with Gasteiger partial charge in [-0.25, -0.2) is 4.39 Å². The van der Waals surface area contributed by atoms with Crippen molar-refractivity contribution >= 4 is 27.5 Å². The fourth-order valence-corrected chi connectivity index (χ4v) is 2.61. The number of benzene rings is 1. The third-order valence-electron chi connectivity index (χ3n) is 2.74. The Labute approximate surface area is 102 Å². The van der Waals surface area contributed by atoms with Crippen LogP contribution >= 0.6 is 27.5 Å². The lowest BCUT2D eigenvalue weighted by atomic mass is 10.0. The van der Waals surface area contributed by atoms with E-state index in [0.717, 1.165) is 24.9 Å². The summed E-state index contributed by atoms with van der Waals surface area (Å²) in [6.45, 7) is 1.06. The molecule has 0 spiro atoms. The summed E-state index contributed by atoms with van der Waals surface area (Å²) in [6, 6.07) is 4.05. The van der Waals surface area contributed by atoms with Crippen molar-refractivity contribution in [3.8, 4) is 0 Å². The van der Waals surface area contributed by atoms with E-state index in [1.54, 1.807) is 6.07 Å². The largest absolute Gasteiger partial charge is 0.314 e. The average Bonchev–Trinajstić information content (AvgIpc) is 2.72. The summed E-state index contributed by atoms with van der Waals surface area (Å²) in [7, 11) is 0. The maximum absolute atomic E-state index is 13.5. The lowest BCUT2D eigenvalue weighted by Crippen LogP contribution is -2.23. The Morgan fingerprint density at radius 1 is 1.53 bits per heavy atom. The van der Waals surface area contributed by atoms with Crippen molar-refractivity contribution < 1.29 is 4.39 Å². The Morgan fingerprint density at radius 2 is 2.33 bits per heavy atom. The molecule has 1 unspecified atom stereocenters. The highest BCUT2D eigenvalue weighted by Crippen LogP contribution is 2.28. The maximum atomic E-state index is 13.5. The van der Waals surface area contributed by atoms with Crippen LogP contribution in [0.1, 0.15) is 18.4 Å². The van der Waals surface area contributed by atoms with Crippen LogP contribution in [0.15, 0.2) is 16.6 Å². The topological polar surface area (TPSA) is 12.0 Å². The smallest absolute Gasteiger partial charge is 0.156 e. The Morgan fingerprint density at radius 3 is 3.00 bits per heavy atom. The first kappa shape index (κ1) is 11.4. The van der Waals surface area contributed by atoms with Gasteiger partial charge in [-0.3, -0.25) is 0 Å². The van der Waals surface area contributed by atoms with Crippen LogP contribution in [-0.4, -0.2) is 12.6 Å². The highest BCUT2D eigenvalue weighted by atomic mass is 79.9. The molecule has 1 aromatic carbocycles. The van der Waals surface area contributed by atoms with Gasteiger partial charge in [0.05, 0.1) is 9.50 Å². The second-order valence-electron chi connectivity index (χ2n) is 3.83. The van der Waals surface area contributed by atoms with Crippen molar-refractivity contribution in [2.45, 2.75) is 25.3 Å². The lowest BCUT2D eigenvalue weighted by molar-refractivity contribution is 0.591. The SMILES string of the molecule is Fc1c(Br)ccc(CC2CCCN2)c1Cl. The molecule has 1 aliphatic rings. The molecule has 0 amide bonds. The van der Waals surface area contributed by atoms with Crippen LogP contribution in [0.25, 0.3) is 0 Å². The van der Waals surface area contributed by atoms with Crippen LogP contribution in [0.3, 0.4) is 0 Å². The standard InChI is InChI=1S/C11H12BrClFN/c12-9-4-3-7(10(13)11(9)14)6-8-2-1-5-15-8/h3-4,8,15H,1-2,5-6H2. The minimum atomic E-state index is -0.354. The van der Waals surface area contributed by atoms with Crippen LogP contribution < -0.4 is 5.32 Å². The van der Waals surface area contributed by atoms with Gasteiger partial charge in [0.2, 0.25) is 0 Å². The lowest BCUT2D eigenvalue weighted by Gasteiger charge is -2.12. The summed E-state index contributed by atoms with van der Waals surface area (Å²) in [5.74, 6) is -0.354. The van der Waals surface area contributed by atoms with E-state index in [2.05, 4.69) is 21.2 Å². The van der Waals surface area contributed by atoms with Crippen molar-refractivity contribution in [2.24, 2.45) is 0 Å². The van der Waals surface area contributed by atoms with E-state index in [1.807, 2.05) is 6.07 Å². The summed E-state index contributed by atoms with van der Waals surface area (Å²) >= 11 is 9.06. The maximum Gasteiger partial charge on any atom is 0.156 e. The molecule has 0 radical (unpaired) electrons. The minimum Gasteiger partial charge on any atom is -0.314 e. The first-order chi connectivity index (χ1) is 7.18. The van der Waals surface area contributed by atoms with Crippen molar-refractivity contribution in [1.29, 1.82) is 0 Å². The molecule has 1 aliphatic heterocycles. The minimum absolute atomic E-state index is 0.248. The zero-order valence-electron chi connectivity index (χ0n) is 8.19. The van der Waals surface area contributed by atoms with Crippen LogP contribution in [0.4, 0.5) is 4.39 Å². The molecule has 1 aromatic rings. The quantitative estimate of drug-likeness (QED) is 0.822. The predicted molar refractivity (Wildman–Crippen MR) is 63.8 cm³/mol. The number of rotatable bonds is 2. The zero-order chi connectivity index (χ0) is 10.8.